The zero-order chi connectivity index (χ0) is 23.0. The van der Waals surface area contributed by atoms with Gasteiger partial charge in [0.25, 0.3) is 5.91 Å². The number of nitrogens with one attached hydrogen (secondary N) is 1. The lowest BCUT2D eigenvalue weighted by atomic mass is 10.1. The second-order valence-electron chi connectivity index (χ2n) is 8.53. The highest BCUT2D eigenvalue weighted by Crippen LogP contribution is 2.22. The summed E-state index contributed by atoms with van der Waals surface area (Å²) in [5, 5.41) is 2.96. The van der Waals surface area contributed by atoms with E-state index in [9.17, 15) is 9.59 Å². The first kappa shape index (κ1) is 22.7. The molecule has 1 unspecified atom stereocenters. The smallest absolute Gasteiger partial charge is 0.258 e. The third-order valence-corrected chi connectivity index (χ3v) is 5.89. The summed E-state index contributed by atoms with van der Waals surface area (Å²) >= 11 is 0. The minimum absolute atomic E-state index is 0.0184. The summed E-state index contributed by atoms with van der Waals surface area (Å²) in [6.45, 7) is 3.82. The molecule has 33 heavy (non-hydrogen) atoms. The molecule has 1 fully saturated rings. The van der Waals surface area contributed by atoms with Gasteiger partial charge in [-0.05, 0) is 55.2 Å². The van der Waals surface area contributed by atoms with E-state index in [0.29, 0.717) is 25.1 Å². The van der Waals surface area contributed by atoms with E-state index in [1.165, 1.54) is 0 Å². The molecule has 4 rings (SSSR count). The highest BCUT2D eigenvalue weighted by Gasteiger charge is 2.19. The SMILES string of the molecule is Cc1ccc(C(=O)N(Cc2ccccc2)c2ccc(CC(=O)NCC3CCCO3)cc2)cc1. The molecular weight excluding hydrogens is 412 g/mol. The molecule has 0 radical (unpaired) electrons. The summed E-state index contributed by atoms with van der Waals surface area (Å²) in [5.74, 6) is -0.0731. The molecule has 170 valence electrons. The molecule has 5 nitrogen and oxygen atoms in total. The van der Waals surface area contributed by atoms with Gasteiger partial charge in [-0.15, -0.1) is 0 Å². The van der Waals surface area contributed by atoms with Gasteiger partial charge in [0.2, 0.25) is 5.91 Å². The van der Waals surface area contributed by atoms with Crippen LogP contribution < -0.4 is 10.2 Å². The van der Waals surface area contributed by atoms with E-state index in [1.54, 1.807) is 4.90 Å². The van der Waals surface area contributed by atoms with Crippen LogP contribution in [0.1, 0.15) is 39.9 Å². The largest absolute Gasteiger partial charge is 0.376 e. The number of anilines is 1. The van der Waals surface area contributed by atoms with Crippen molar-refractivity contribution < 1.29 is 14.3 Å². The average Bonchev–Trinajstić information content (AvgIpc) is 3.36. The van der Waals surface area contributed by atoms with Crippen LogP contribution in [0.4, 0.5) is 5.69 Å². The van der Waals surface area contributed by atoms with E-state index in [1.807, 2.05) is 85.8 Å². The Morgan fingerprint density at radius 1 is 0.939 bits per heavy atom. The van der Waals surface area contributed by atoms with Crippen LogP contribution in [-0.2, 0) is 22.5 Å². The number of carbonyl (C=O) groups is 2. The lowest BCUT2D eigenvalue weighted by Gasteiger charge is -2.23. The van der Waals surface area contributed by atoms with Crippen molar-refractivity contribution in [1.29, 1.82) is 0 Å². The molecule has 0 aliphatic carbocycles. The van der Waals surface area contributed by atoms with E-state index in [4.69, 9.17) is 4.74 Å². The van der Waals surface area contributed by atoms with Gasteiger partial charge in [-0.1, -0.05) is 60.2 Å². The predicted octanol–water partition coefficient (Wildman–Crippen LogP) is 4.68. The lowest BCUT2D eigenvalue weighted by molar-refractivity contribution is -0.120. The van der Waals surface area contributed by atoms with Crippen LogP contribution in [0.3, 0.4) is 0 Å². The van der Waals surface area contributed by atoms with Crippen molar-refractivity contribution in [3.63, 3.8) is 0 Å². The number of carbonyl (C=O) groups excluding carboxylic acids is 2. The molecule has 0 bridgehead atoms. The number of rotatable bonds is 8. The topological polar surface area (TPSA) is 58.6 Å². The Hall–Kier alpha value is -3.44. The Kier molecular flexibility index (Phi) is 7.53. The van der Waals surface area contributed by atoms with E-state index in [0.717, 1.165) is 41.8 Å². The van der Waals surface area contributed by atoms with Gasteiger partial charge < -0.3 is 15.0 Å². The zero-order valence-electron chi connectivity index (χ0n) is 19.0. The van der Waals surface area contributed by atoms with Gasteiger partial charge in [0.1, 0.15) is 0 Å². The van der Waals surface area contributed by atoms with Crippen molar-refractivity contribution in [2.24, 2.45) is 0 Å². The van der Waals surface area contributed by atoms with Gasteiger partial charge in [-0.3, -0.25) is 9.59 Å². The van der Waals surface area contributed by atoms with Crippen molar-refractivity contribution in [3.05, 3.63) is 101 Å². The molecule has 1 saturated heterocycles. The standard InChI is InChI=1S/C28H30N2O3/c1-21-9-13-24(14-10-21)28(32)30(20-23-6-3-2-4-7-23)25-15-11-22(12-16-25)18-27(31)29-19-26-8-5-17-33-26/h2-4,6-7,9-16,26H,5,8,17-20H2,1H3,(H,29,31). The summed E-state index contributed by atoms with van der Waals surface area (Å²) in [7, 11) is 0. The van der Waals surface area contributed by atoms with Gasteiger partial charge in [0.15, 0.2) is 0 Å². The fourth-order valence-corrected chi connectivity index (χ4v) is 3.97. The van der Waals surface area contributed by atoms with Gasteiger partial charge in [0, 0.05) is 24.4 Å². The molecule has 2 amide bonds. The summed E-state index contributed by atoms with van der Waals surface area (Å²) in [4.78, 5) is 27.5. The maximum absolute atomic E-state index is 13.4. The third kappa shape index (κ3) is 6.30. The van der Waals surface area contributed by atoms with Crippen LogP contribution >= 0.6 is 0 Å². The van der Waals surface area contributed by atoms with E-state index < -0.39 is 0 Å². The quantitative estimate of drug-likeness (QED) is 0.551. The molecule has 1 atom stereocenters. The summed E-state index contributed by atoms with van der Waals surface area (Å²) in [6, 6.07) is 25.2. The molecule has 1 aliphatic rings. The van der Waals surface area contributed by atoms with Gasteiger partial charge >= 0.3 is 0 Å². The first-order valence-electron chi connectivity index (χ1n) is 11.5. The molecule has 1 heterocycles. The van der Waals surface area contributed by atoms with Crippen molar-refractivity contribution in [1.82, 2.24) is 5.32 Å². The minimum Gasteiger partial charge on any atom is -0.376 e. The van der Waals surface area contributed by atoms with Crippen molar-refractivity contribution in [3.8, 4) is 0 Å². The number of amides is 2. The lowest BCUT2D eigenvalue weighted by Crippen LogP contribution is -2.32. The van der Waals surface area contributed by atoms with E-state index in [2.05, 4.69) is 5.32 Å². The van der Waals surface area contributed by atoms with Crippen LogP contribution in [0.25, 0.3) is 0 Å². The average molecular weight is 443 g/mol. The van der Waals surface area contributed by atoms with Crippen LogP contribution in [-0.4, -0.2) is 31.1 Å². The highest BCUT2D eigenvalue weighted by atomic mass is 16.5. The molecule has 1 N–H and O–H groups in total. The number of nitrogens with zero attached hydrogens (tertiary/aromatic N) is 1. The number of aryl methyl sites for hydroxylation is 1. The van der Waals surface area contributed by atoms with Crippen LogP contribution in [0.15, 0.2) is 78.9 Å². The zero-order valence-corrected chi connectivity index (χ0v) is 19.0. The predicted molar refractivity (Wildman–Crippen MR) is 130 cm³/mol. The van der Waals surface area contributed by atoms with E-state index >= 15 is 0 Å². The summed E-state index contributed by atoms with van der Waals surface area (Å²) in [5.41, 5.74) is 4.52. The molecule has 0 saturated carbocycles. The molecule has 1 aliphatic heterocycles. The molecule has 0 aromatic heterocycles. The second kappa shape index (κ2) is 10.9. The van der Waals surface area contributed by atoms with Crippen LogP contribution in [0, 0.1) is 6.92 Å². The summed E-state index contributed by atoms with van der Waals surface area (Å²) < 4.78 is 5.56. The maximum atomic E-state index is 13.4. The first-order chi connectivity index (χ1) is 16.1. The highest BCUT2D eigenvalue weighted by molar-refractivity contribution is 6.06. The Morgan fingerprint density at radius 3 is 2.33 bits per heavy atom. The monoisotopic (exact) mass is 442 g/mol. The molecule has 3 aromatic carbocycles. The fraction of sp³-hybridized carbons (Fsp3) is 0.286. The second-order valence-corrected chi connectivity index (χ2v) is 8.53. The Labute approximate surface area is 195 Å². The number of benzene rings is 3. The number of ether oxygens (including phenoxy) is 1. The maximum Gasteiger partial charge on any atom is 0.258 e. The minimum atomic E-state index is -0.0547. The van der Waals surface area contributed by atoms with Crippen molar-refractivity contribution in [2.75, 3.05) is 18.1 Å². The fourth-order valence-electron chi connectivity index (χ4n) is 3.97. The Bertz CT molecular complexity index is 1060. The van der Waals surface area contributed by atoms with Crippen LogP contribution in [0.2, 0.25) is 0 Å². The molecule has 0 spiro atoms. The summed E-state index contributed by atoms with van der Waals surface area (Å²) in [6.07, 6.45) is 2.50. The van der Waals surface area contributed by atoms with Gasteiger partial charge in [-0.25, -0.2) is 0 Å². The van der Waals surface area contributed by atoms with Crippen LogP contribution in [0.5, 0.6) is 0 Å². The third-order valence-electron chi connectivity index (χ3n) is 5.89. The Balaban J connectivity index is 1.47. The normalized spacial score (nSPS) is 15.2. The van der Waals surface area contributed by atoms with Gasteiger partial charge in [0.05, 0.1) is 19.1 Å². The molecule has 5 heteroatoms. The molecule has 3 aromatic rings. The first-order valence-corrected chi connectivity index (χ1v) is 11.5. The van der Waals surface area contributed by atoms with Crippen molar-refractivity contribution in [2.45, 2.75) is 38.8 Å². The Morgan fingerprint density at radius 2 is 1.67 bits per heavy atom. The number of hydrogen-bond acceptors (Lipinski definition) is 3. The molecular formula is C28H30N2O3. The van der Waals surface area contributed by atoms with Crippen molar-refractivity contribution >= 4 is 17.5 Å². The van der Waals surface area contributed by atoms with Gasteiger partial charge in [-0.2, -0.15) is 0 Å². The number of hydrogen-bond donors (Lipinski definition) is 1. The van der Waals surface area contributed by atoms with E-state index in [-0.39, 0.29) is 17.9 Å².